The summed E-state index contributed by atoms with van der Waals surface area (Å²) in [6, 6.07) is 4.15. The second-order valence-electron chi connectivity index (χ2n) is 6.26. The topological polar surface area (TPSA) is 127 Å². The van der Waals surface area contributed by atoms with Gasteiger partial charge in [-0.3, -0.25) is 9.59 Å². The molecule has 0 amide bonds. The van der Waals surface area contributed by atoms with Crippen LogP contribution in [0.5, 0.6) is 11.5 Å². The Morgan fingerprint density at radius 1 is 0.880 bits per heavy atom. The molecule has 6 N–H and O–H groups in total. The second-order valence-corrected chi connectivity index (χ2v) is 6.26. The summed E-state index contributed by atoms with van der Waals surface area (Å²) in [6.07, 6.45) is 3.39. The Balaban J connectivity index is 2.22. The van der Waals surface area contributed by atoms with Crippen LogP contribution in [0.2, 0.25) is 0 Å². The molecule has 6 heteroatoms. The number of phenolic OH excluding ortho intramolecular Hbond substituents is 2. The maximum atomic E-state index is 12.9. The standard InChI is InChI=1S/C19H20N2O4/c1-2-3-4-5-9-8-11(21)14-16(17(9)23)19(25)13-10(20)6-7-12(22)15(13)18(14)24/h6-8,22-23H,2-5,20-21H2,1H3. The minimum atomic E-state index is -0.609. The first kappa shape index (κ1) is 16.8. The number of aromatic hydroxyl groups is 2. The molecule has 130 valence electrons. The van der Waals surface area contributed by atoms with E-state index in [1.807, 2.05) is 0 Å². The van der Waals surface area contributed by atoms with Gasteiger partial charge < -0.3 is 21.7 Å². The molecule has 0 saturated carbocycles. The first-order valence-corrected chi connectivity index (χ1v) is 8.23. The monoisotopic (exact) mass is 340 g/mol. The number of nitrogen functional groups attached to an aromatic ring is 2. The highest BCUT2D eigenvalue weighted by Crippen LogP contribution is 2.42. The van der Waals surface area contributed by atoms with Gasteiger partial charge in [-0.05, 0) is 36.6 Å². The molecule has 0 aliphatic heterocycles. The van der Waals surface area contributed by atoms with Gasteiger partial charge in [-0.25, -0.2) is 0 Å². The number of benzene rings is 2. The van der Waals surface area contributed by atoms with Crippen molar-refractivity contribution in [1.82, 2.24) is 0 Å². The van der Waals surface area contributed by atoms with E-state index in [-0.39, 0.29) is 45.1 Å². The molecule has 0 fully saturated rings. The third-order valence-electron chi connectivity index (χ3n) is 4.58. The van der Waals surface area contributed by atoms with E-state index in [1.54, 1.807) is 0 Å². The Morgan fingerprint density at radius 3 is 2.20 bits per heavy atom. The zero-order valence-electron chi connectivity index (χ0n) is 13.9. The highest BCUT2D eigenvalue weighted by Gasteiger charge is 2.37. The maximum absolute atomic E-state index is 12.9. The number of hydrogen-bond donors (Lipinski definition) is 4. The molecule has 3 rings (SSSR count). The number of fused-ring (bicyclic) bond motifs is 2. The number of phenols is 2. The summed E-state index contributed by atoms with van der Waals surface area (Å²) in [6.45, 7) is 2.06. The van der Waals surface area contributed by atoms with Gasteiger partial charge in [0.15, 0.2) is 0 Å². The van der Waals surface area contributed by atoms with E-state index < -0.39 is 11.6 Å². The summed E-state index contributed by atoms with van der Waals surface area (Å²) in [4.78, 5) is 25.7. The van der Waals surface area contributed by atoms with Crippen molar-refractivity contribution in [3.8, 4) is 11.5 Å². The second kappa shape index (κ2) is 6.12. The van der Waals surface area contributed by atoms with Crippen LogP contribution in [-0.4, -0.2) is 21.8 Å². The van der Waals surface area contributed by atoms with Crippen molar-refractivity contribution >= 4 is 22.9 Å². The van der Waals surface area contributed by atoms with Gasteiger partial charge in [0.25, 0.3) is 0 Å². The number of ketones is 2. The quantitative estimate of drug-likeness (QED) is 0.328. The Labute approximate surface area is 145 Å². The van der Waals surface area contributed by atoms with Gasteiger partial charge in [0.1, 0.15) is 11.5 Å². The predicted octanol–water partition coefficient (Wildman–Crippen LogP) is 2.77. The number of unbranched alkanes of at least 4 members (excludes halogenated alkanes) is 2. The lowest BCUT2D eigenvalue weighted by Gasteiger charge is -2.23. The van der Waals surface area contributed by atoms with E-state index in [0.29, 0.717) is 12.0 Å². The number of anilines is 2. The predicted molar refractivity (Wildman–Crippen MR) is 95.1 cm³/mol. The molecule has 0 heterocycles. The van der Waals surface area contributed by atoms with Gasteiger partial charge in [0.2, 0.25) is 11.6 Å². The van der Waals surface area contributed by atoms with Crippen LogP contribution in [0.15, 0.2) is 18.2 Å². The lowest BCUT2D eigenvalue weighted by molar-refractivity contribution is 0.0975. The van der Waals surface area contributed by atoms with Gasteiger partial charge in [-0.15, -0.1) is 0 Å². The third-order valence-corrected chi connectivity index (χ3v) is 4.58. The average Bonchev–Trinajstić information content (AvgIpc) is 2.57. The van der Waals surface area contributed by atoms with Crippen molar-refractivity contribution in [2.24, 2.45) is 0 Å². The molecule has 0 bridgehead atoms. The van der Waals surface area contributed by atoms with E-state index in [9.17, 15) is 19.8 Å². The van der Waals surface area contributed by atoms with E-state index in [1.165, 1.54) is 18.2 Å². The van der Waals surface area contributed by atoms with Crippen LogP contribution < -0.4 is 11.5 Å². The van der Waals surface area contributed by atoms with Crippen LogP contribution in [0.3, 0.4) is 0 Å². The first-order chi connectivity index (χ1) is 11.9. The van der Waals surface area contributed by atoms with Gasteiger partial charge in [0, 0.05) is 11.4 Å². The fourth-order valence-corrected chi connectivity index (χ4v) is 3.31. The molecule has 0 radical (unpaired) electrons. The van der Waals surface area contributed by atoms with Crippen molar-refractivity contribution in [2.45, 2.75) is 32.6 Å². The van der Waals surface area contributed by atoms with Crippen molar-refractivity contribution in [3.63, 3.8) is 0 Å². The molecule has 0 unspecified atom stereocenters. The minimum Gasteiger partial charge on any atom is -0.507 e. The Hall–Kier alpha value is -3.02. The summed E-state index contributed by atoms with van der Waals surface area (Å²) in [5.41, 5.74) is 12.1. The molecular weight excluding hydrogens is 320 g/mol. The third kappa shape index (κ3) is 2.50. The normalized spacial score (nSPS) is 12.8. The van der Waals surface area contributed by atoms with Gasteiger partial charge in [0.05, 0.1) is 22.3 Å². The molecule has 0 spiro atoms. The summed E-state index contributed by atoms with van der Waals surface area (Å²) in [5, 5.41) is 20.6. The molecule has 1 aliphatic carbocycles. The molecule has 0 atom stereocenters. The fraction of sp³-hybridized carbons (Fsp3) is 0.263. The molecular formula is C19H20N2O4. The molecule has 0 aromatic heterocycles. The first-order valence-electron chi connectivity index (χ1n) is 8.23. The number of nitrogens with two attached hydrogens (primary N) is 2. The Kier molecular flexibility index (Phi) is 4.12. The number of rotatable bonds is 4. The molecule has 0 saturated heterocycles. The molecule has 2 aromatic rings. The maximum Gasteiger partial charge on any atom is 0.200 e. The van der Waals surface area contributed by atoms with Crippen molar-refractivity contribution in [3.05, 3.63) is 46.0 Å². The summed E-state index contributed by atoms with van der Waals surface area (Å²) in [7, 11) is 0. The molecule has 6 nitrogen and oxygen atoms in total. The van der Waals surface area contributed by atoms with Gasteiger partial charge in [-0.1, -0.05) is 19.8 Å². The zero-order chi connectivity index (χ0) is 18.3. The highest BCUT2D eigenvalue weighted by atomic mass is 16.3. The minimum absolute atomic E-state index is 0.0739. The van der Waals surface area contributed by atoms with Crippen molar-refractivity contribution in [2.75, 3.05) is 11.5 Å². The largest absolute Gasteiger partial charge is 0.507 e. The molecule has 2 aromatic carbocycles. The van der Waals surface area contributed by atoms with Crippen LogP contribution in [0, 0.1) is 0 Å². The number of hydrogen-bond acceptors (Lipinski definition) is 6. The van der Waals surface area contributed by atoms with Crippen LogP contribution in [0.4, 0.5) is 11.4 Å². The average molecular weight is 340 g/mol. The van der Waals surface area contributed by atoms with Crippen LogP contribution in [-0.2, 0) is 6.42 Å². The van der Waals surface area contributed by atoms with E-state index in [2.05, 4.69) is 6.92 Å². The highest BCUT2D eigenvalue weighted by molar-refractivity contribution is 6.33. The summed E-state index contributed by atoms with van der Waals surface area (Å²) < 4.78 is 0. The SMILES string of the molecule is CCCCCc1cc(N)c2c(c1O)C(=O)c1c(N)ccc(O)c1C2=O. The Morgan fingerprint density at radius 2 is 1.52 bits per heavy atom. The lowest BCUT2D eigenvalue weighted by atomic mass is 9.80. The van der Waals surface area contributed by atoms with Gasteiger partial charge >= 0.3 is 0 Å². The van der Waals surface area contributed by atoms with E-state index in [4.69, 9.17) is 11.5 Å². The number of carbonyl (C=O) groups excluding carboxylic acids is 2. The zero-order valence-corrected chi connectivity index (χ0v) is 13.9. The summed E-state index contributed by atoms with van der Waals surface area (Å²) in [5.74, 6) is -1.77. The smallest absolute Gasteiger partial charge is 0.200 e. The fourth-order valence-electron chi connectivity index (χ4n) is 3.31. The Bertz CT molecular complexity index is 903. The van der Waals surface area contributed by atoms with Crippen molar-refractivity contribution < 1.29 is 19.8 Å². The van der Waals surface area contributed by atoms with Crippen LogP contribution in [0.1, 0.15) is 63.6 Å². The van der Waals surface area contributed by atoms with Crippen molar-refractivity contribution in [1.29, 1.82) is 0 Å². The van der Waals surface area contributed by atoms with Crippen LogP contribution in [0.25, 0.3) is 0 Å². The molecule has 1 aliphatic rings. The van der Waals surface area contributed by atoms with Gasteiger partial charge in [-0.2, -0.15) is 0 Å². The number of carbonyl (C=O) groups is 2. The van der Waals surface area contributed by atoms with Crippen LogP contribution >= 0.6 is 0 Å². The molecule has 25 heavy (non-hydrogen) atoms. The lowest BCUT2D eigenvalue weighted by Crippen LogP contribution is -2.24. The van der Waals surface area contributed by atoms with E-state index in [0.717, 1.165) is 19.3 Å². The summed E-state index contributed by atoms with van der Waals surface area (Å²) >= 11 is 0. The number of aryl methyl sites for hydroxylation is 1. The van der Waals surface area contributed by atoms with E-state index >= 15 is 0 Å².